The Morgan fingerprint density at radius 2 is 2.06 bits per heavy atom. The lowest BCUT2D eigenvalue weighted by molar-refractivity contribution is 0.368. The van der Waals surface area contributed by atoms with E-state index in [4.69, 9.17) is 0 Å². The van der Waals surface area contributed by atoms with Crippen LogP contribution in [0.25, 0.3) is 0 Å². The number of rotatable bonds is 5. The second-order valence-corrected chi connectivity index (χ2v) is 5.64. The molecule has 1 N–H and O–H groups in total. The molecular formula is C16H25N. The third-order valence-electron chi connectivity index (χ3n) is 3.86. The summed E-state index contributed by atoms with van der Waals surface area (Å²) in [5.74, 6) is 1.50. The van der Waals surface area contributed by atoms with Crippen LogP contribution in [0.3, 0.4) is 0 Å². The molecule has 2 atom stereocenters. The summed E-state index contributed by atoms with van der Waals surface area (Å²) in [4.78, 5) is 0. The molecule has 1 aromatic rings. The van der Waals surface area contributed by atoms with Crippen molar-refractivity contribution in [2.75, 3.05) is 6.54 Å². The molecule has 2 rings (SSSR count). The van der Waals surface area contributed by atoms with Gasteiger partial charge in [-0.2, -0.15) is 0 Å². The summed E-state index contributed by atoms with van der Waals surface area (Å²) in [7, 11) is 0. The molecule has 1 aromatic carbocycles. The van der Waals surface area contributed by atoms with Gasteiger partial charge < -0.3 is 5.32 Å². The Morgan fingerprint density at radius 1 is 1.29 bits per heavy atom. The van der Waals surface area contributed by atoms with Gasteiger partial charge in [0.15, 0.2) is 0 Å². The highest BCUT2D eigenvalue weighted by atomic mass is 14.9. The molecule has 0 fully saturated rings. The number of fused-ring (bicyclic) bond motifs is 1. The number of benzene rings is 1. The van der Waals surface area contributed by atoms with Crippen LogP contribution in [0.1, 0.15) is 50.7 Å². The van der Waals surface area contributed by atoms with Crippen molar-refractivity contribution >= 4 is 0 Å². The Balaban J connectivity index is 2.15. The second kappa shape index (κ2) is 5.68. The topological polar surface area (TPSA) is 12.0 Å². The minimum absolute atomic E-state index is 0.656. The first-order valence-electron chi connectivity index (χ1n) is 7.03. The first kappa shape index (κ1) is 12.6. The van der Waals surface area contributed by atoms with Crippen molar-refractivity contribution in [2.45, 2.75) is 52.0 Å². The normalized spacial score (nSPS) is 20.6. The van der Waals surface area contributed by atoms with Crippen LogP contribution in [-0.2, 0) is 6.42 Å². The highest BCUT2D eigenvalue weighted by molar-refractivity contribution is 5.36. The van der Waals surface area contributed by atoms with Crippen molar-refractivity contribution in [3.63, 3.8) is 0 Å². The summed E-state index contributed by atoms with van der Waals surface area (Å²) in [5.41, 5.74) is 3.17. The van der Waals surface area contributed by atoms with Gasteiger partial charge in [0.2, 0.25) is 0 Å². The predicted molar refractivity (Wildman–Crippen MR) is 74.4 cm³/mol. The summed E-state index contributed by atoms with van der Waals surface area (Å²) >= 11 is 0. The van der Waals surface area contributed by atoms with Gasteiger partial charge in [0.1, 0.15) is 0 Å². The quantitative estimate of drug-likeness (QED) is 0.814. The van der Waals surface area contributed by atoms with E-state index >= 15 is 0 Å². The lowest BCUT2D eigenvalue weighted by Crippen LogP contribution is -2.35. The second-order valence-electron chi connectivity index (χ2n) is 5.64. The lowest BCUT2D eigenvalue weighted by atomic mass is 9.87. The van der Waals surface area contributed by atoms with E-state index in [9.17, 15) is 0 Å². The minimum atomic E-state index is 0.656. The molecular weight excluding hydrogens is 206 g/mol. The molecule has 0 bridgehead atoms. The van der Waals surface area contributed by atoms with E-state index in [1.54, 1.807) is 11.1 Å². The van der Waals surface area contributed by atoms with Crippen molar-refractivity contribution in [1.82, 2.24) is 5.32 Å². The maximum atomic E-state index is 3.70. The molecule has 0 radical (unpaired) electrons. The molecule has 0 spiro atoms. The average Bonchev–Trinajstić information content (AvgIpc) is 2.71. The molecule has 0 saturated carbocycles. The molecule has 0 amide bonds. The number of aryl methyl sites for hydroxylation is 1. The van der Waals surface area contributed by atoms with Crippen LogP contribution < -0.4 is 5.32 Å². The third-order valence-corrected chi connectivity index (χ3v) is 3.86. The molecule has 1 aliphatic carbocycles. The molecule has 94 valence electrons. The fourth-order valence-electron chi connectivity index (χ4n) is 3.17. The Hall–Kier alpha value is -0.820. The van der Waals surface area contributed by atoms with Gasteiger partial charge in [0, 0.05) is 6.04 Å². The zero-order valence-electron chi connectivity index (χ0n) is 11.4. The predicted octanol–water partition coefficient (Wildman–Crippen LogP) is 3.74. The maximum Gasteiger partial charge on any atom is 0.0138 e. The van der Waals surface area contributed by atoms with E-state index in [1.807, 2.05) is 0 Å². The van der Waals surface area contributed by atoms with Gasteiger partial charge in [-0.1, -0.05) is 45.0 Å². The van der Waals surface area contributed by atoms with Crippen LogP contribution in [-0.4, -0.2) is 12.6 Å². The van der Waals surface area contributed by atoms with Crippen molar-refractivity contribution in [1.29, 1.82) is 0 Å². The van der Waals surface area contributed by atoms with E-state index < -0.39 is 0 Å². The SMILES string of the molecule is CCNC(CC(C)C)C1CCc2ccccc21. The molecule has 2 unspecified atom stereocenters. The van der Waals surface area contributed by atoms with Gasteiger partial charge in [0.05, 0.1) is 0 Å². The first-order valence-corrected chi connectivity index (χ1v) is 7.03. The van der Waals surface area contributed by atoms with E-state index in [-0.39, 0.29) is 0 Å². The number of likely N-dealkylation sites (N-methyl/N-ethyl adjacent to an activating group) is 1. The molecule has 0 aromatic heterocycles. The van der Waals surface area contributed by atoms with Gasteiger partial charge in [-0.25, -0.2) is 0 Å². The minimum Gasteiger partial charge on any atom is -0.314 e. The van der Waals surface area contributed by atoms with Crippen LogP contribution in [0.4, 0.5) is 0 Å². The molecule has 0 heterocycles. The van der Waals surface area contributed by atoms with Gasteiger partial charge in [-0.15, -0.1) is 0 Å². The van der Waals surface area contributed by atoms with E-state index in [0.29, 0.717) is 6.04 Å². The van der Waals surface area contributed by atoms with Gasteiger partial charge >= 0.3 is 0 Å². The summed E-state index contributed by atoms with van der Waals surface area (Å²) in [6, 6.07) is 9.65. The molecule has 17 heavy (non-hydrogen) atoms. The highest BCUT2D eigenvalue weighted by Gasteiger charge is 2.29. The first-order chi connectivity index (χ1) is 8.22. The zero-order chi connectivity index (χ0) is 12.3. The van der Waals surface area contributed by atoms with E-state index in [1.165, 1.54) is 19.3 Å². The highest BCUT2D eigenvalue weighted by Crippen LogP contribution is 2.37. The van der Waals surface area contributed by atoms with Crippen molar-refractivity contribution in [3.8, 4) is 0 Å². The van der Waals surface area contributed by atoms with Crippen molar-refractivity contribution in [2.24, 2.45) is 5.92 Å². The zero-order valence-corrected chi connectivity index (χ0v) is 11.4. The summed E-state index contributed by atoms with van der Waals surface area (Å²) in [5, 5.41) is 3.70. The Kier molecular flexibility index (Phi) is 4.22. The number of nitrogens with one attached hydrogen (secondary N) is 1. The van der Waals surface area contributed by atoms with Crippen LogP contribution in [0, 0.1) is 5.92 Å². The monoisotopic (exact) mass is 231 g/mol. The molecule has 1 heteroatoms. The van der Waals surface area contributed by atoms with Crippen LogP contribution in [0.5, 0.6) is 0 Å². The maximum absolute atomic E-state index is 3.70. The van der Waals surface area contributed by atoms with Gasteiger partial charge in [-0.3, -0.25) is 0 Å². The van der Waals surface area contributed by atoms with Gasteiger partial charge in [-0.05, 0) is 48.8 Å². The summed E-state index contributed by atoms with van der Waals surface area (Å²) in [6.45, 7) is 7.95. The summed E-state index contributed by atoms with van der Waals surface area (Å²) in [6.07, 6.45) is 3.87. The standard InChI is InChI=1S/C16H25N/c1-4-17-16(11-12(2)3)15-10-9-13-7-5-6-8-14(13)15/h5-8,12,15-17H,4,9-11H2,1-3H3. The van der Waals surface area contributed by atoms with Crippen LogP contribution in [0.2, 0.25) is 0 Å². The number of hydrogen-bond donors (Lipinski definition) is 1. The Bertz CT molecular complexity index is 356. The average molecular weight is 231 g/mol. The Morgan fingerprint density at radius 3 is 2.76 bits per heavy atom. The van der Waals surface area contributed by atoms with E-state index in [0.717, 1.165) is 18.4 Å². The molecule has 0 saturated heterocycles. The van der Waals surface area contributed by atoms with Crippen molar-refractivity contribution < 1.29 is 0 Å². The largest absolute Gasteiger partial charge is 0.314 e. The van der Waals surface area contributed by atoms with Crippen molar-refractivity contribution in [3.05, 3.63) is 35.4 Å². The van der Waals surface area contributed by atoms with Crippen LogP contribution >= 0.6 is 0 Å². The van der Waals surface area contributed by atoms with Gasteiger partial charge in [0.25, 0.3) is 0 Å². The van der Waals surface area contributed by atoms with E-state index in [2.05, 4.69) is 50.4 Å². The van der Waals surface area contributed by atoms with Crippen LogP contribution in [0.15, 0.2) is 24.3 Å². The fourth-order valence-corrected chi connectivity index (χ4v) is 3.17. The smallest absolute Gasteiger partial charge is 0.0138 e. The fraction of sp³-hybridized carbons (Fsp3) is 0.625. The number of hydrogen-bond acceptors (Lipinski definition) is 1. The molecule has 0 aliphatic heterocycles. The summed E-state index contributed by atoms with van der Waals surface area (Å²) < 4.78 is 0. The Labute approximate surface area is 106 Å². The third kappa shape index (κ3) is 2.90. The lowest BCUT2D eigenvalue weighted by Gasteiger charge is -2.27. The molecule has 1 nitrogen and oxygen atoms in total. The molecule has 1 aliphatic rings.